The van der Waals surface area contributed by atoms with Gasteiger partial charge in [0.05, 0.1) is 12.0 Å². The first kappa shape index (κ1) is 16.7. The lowest BCUT2D eigenvalue weighted by molar-refractivity contribution is -0.144. The van der Waals surface area contributed by atoms with Crippen molar-refractivity contribution in [1.82, 2.24) is 9.80 Å². The molecule has 0 radical (unpaired) electrons. The molecule has 1 unspecified atom stereocenters. The van der Waals surface area contributed by atoms with Gasteiger partial charge >= 0.3 is 0 Å². The van der Waals surface area contributed by atoms with E-state index in [1.54, 1.807) is 0 Å². The lowest BCUT2D eigenvalue weighted by atomic mass is 9.81. The third-order valence-corrected chi connectivity index (χ3v) is 5.40. The fourth-order valence-corrected chi connectivity index (χ4v) is 3.49. The zero-order valence-corrected chi connectivity index (χ0v) is 13.6. The van der Waals surface area contributed by atoms with Gasteiger partial charge in [-0.05, 0) is 25.2 Å². The molecule has 2 N–H and O–H groups in total. The van der Waals surface area contributed by atoms with Crippen molar-refractivity contribution in [3.05, 3.63) is 0 Å². The molecule has 0 aromatic rings. The first-order valence-electron chi connectivity index (χ1n) is 8.44. The number of nitrogens with two attached hydrogens (primary N) is 1. The summed E-state index contributed by atoms with van der Waals surface area (Å²) in [6, 6.07) is 0. The number of ether oxygens (including phenoxy) is 1. The number of nitrogens with zero attached hydrogens (tertiary/aromatic N) is 2. The number of carbonyl (C=O) groups is 1. The maximum absolute atomic E-state index is 12.8. The summed E-state index contributed by atoms with van der Waals surface area (Å²) in [6.45, 7) is 11.2. The first-order valence-corrected chi connectivity index (χ1v) is 8.44. The number of rotatable bonds is 6. The van der Waals surface area contributed by atoms with Crippen LogP contribution in [0.2, 0.25) is 0 Å². The van der Waals surface area contributed by atoms with Crippen molar-refractivity contribution in [2.45, 2.75) is 33.1 Å². The minimum absolute atomic E-state index is 0.263. The second-order valence-corrected chi connectivity index (χ2v) is 6.51. The summed E-state index contributed by atoms with van der Waals surface area (Å²) >= 11 is 0. The maximum atomic E-state index is 12.8. The molecule has 0 bridgehead atoms. The highest BCUT2D eigenvalue weighted by Gasteiger charge is 2.38. The number of hydrogen-bond acceptors (Lipinski definition) is 4. The fraction of sp³-hybridized carbons (Fsp3) is 0.938. The molecule has 0 aromatic carbocycles. The Morgan fingerprint density at radius 1 is 1.24 bits per heavy atom. The zero-order chi connectivity index (χ0) is 15.3. The largest absolute Gasteiger partial charge is 0.381 e. The van der Waals surface area contributed by atoms with E-state index >= 15 is 0 Å². The number of amides is 1. The van der Waals surface area contributed by atoms with Gasteiger partial charge in [-0.15, -0.1) is 0 Å². The number of piperazine rings is 1. The zero-order valence-electron chi connectivity index (χ0n) is 13.6. The van der Waals surface area contributed by atoms with E-state index in [2.05, 4.69) is 18.7 Å². The van der Waals surface area contributed by atoms with Gasteiger partial charge in [-0.1, -0.05) is 13.8 Å². The average molecular weight is 297 g/mol. The predicted octanol–water partition coefficient (Wildman–Crippen LogP) is 0.932. The van der Waals surface area contributed by atoms with Gasteiger partial charge in [0.2, 0.25) is 5.91 Å². The summed E-state index contributed by atoms with van der Waals surface area (Å²) in [5, 5.41) is 0. The Morgan fingerprint density at radius 3 is 2.38 bits per heavy atom. The van der Waals surface area contributed by atoms with Crippen LogP contribution in [0.1, 0.15) is 33.1 Å². The molecular formula is C16H31N3O2. The SMILES string of the molecule is CCC(CC)(CN)C(=O)N1CCN(CC2CCOC2)CC1. The first-order chi connectivity index (χ1) is 10.1. The monoisotopic (exact) mass is 297 g/mol. The van der Waals surface area contributed by atoms with Gasteiger partial charge in [-0.2, -0.15) is 0 Å². The Kier molecular flexibility index (Phi) is 6.02. The summed E-state index contributed by atoms with van der Waals surface area (Å²) in [5.41, 5.74) is 5.55. The number of hydrogen-bond donors (Lipinski definition) is 1. The van der Waals surface area contributed by atoms with Crippen LogP contribution in [0.15, 0.2) is 0 Å². The van der Waals surface area contributed by atoms with E-state index < -0.39 is 0 Å². The quantitative estimate of drug-likeness (QED) is 0.792. The van der Waals surface area contributed by atoms with Gasteiger partial charge in [-0.3, -0.25) is 9.69 Å². The molecule has 2 aliphatic heterocycles. The minimum atomic E-state index is -0.346. The van der Waals surface area contributed by atoms with Crippen LogP contribution in [0.3, 0.4) is 0 Å². The van der Waals surface area contributed by atoms with Crippen molar-refractivity contribution in [2.24, 2.45) is 17.1 Å². The van der Waals surface area contributed by atoms with Crippen LogP contribution >= 0.6 is 0 Å². The average Bonchev–Trinajstić information content (AvgIpc) is 3.03. The highest BCUT2D eigenvalue weighted by Crippen LogP contribution is 2.28. The molecular weight excluding hydrogens is 266 g/mol. The normalized spacial score (nSPS) is 24.5. The van der Waals surface area contributed by atoms with Crippen LogP contribution in [0.25, 0.3) is 0 Å². The molecule has 2 rings (SSSR count). The van der Waals surface area contributed by atoms with E-state index in [-0.39, 0.29) is 11.3 Å². The molecule has 5 heteroatoms. The predicted molar refractivity (Wildman–Crippen MR) is 84.0 cm³/mol. The van der Waals surface area contributed by atoms with Crippen LogP contribution in [0.5, 0.6) is 0 Å². The molecule has 2 aliphatic rings. The summed E-state index contributed by atoms with van der Waals surface area (Å²) in [6.07, 6.45) is 2.85. The van der Waals surface area contributed by atoms with E-state index in [0.29, 0.717) is 12.5 Å². The lowest BCUT2D eigenvalue weighted by Crippen LogP contribution is -2.55. The van der Waals surface area contributed by atoms with E-state index in [1.807, 2.05) is 4.90 Å². The van der Waals surface area contributed by atoms with Crippen LogP contribution in [0.4, 0.5) is 0 Å². The Morgan fingerprint density at radius 2 is 1.90 bits per heavy atom. The smallest absolute Gasteiger partial charge is 0.230 e. The summed E-state index contributed by atoms with van der Waals surface area (Å²) in [4.78, 5) is 17.3. The lowest BCUT2D eigenvalue weighted by Gasteiger charge is -2.40. The van der Waals surface area contributed by atoms with Crippen LogP contribution < -0.4 is 5.73 Å². The van der Waals surface area contributed by atoms with Crippen molar-refractivity contribution in [3.8, 4) is 0 Å². The molecule has 0 saturated carbocycles. The summed E-state index contributed by atoms with van der Waals surface area (Å²) < 4.78 is 5.44. The van der Waals surface area contributed by atoms with Crippen molar-refractivity contribution < 1.29 is 9.53 Å². The van der Waals surface area contributed by atoms with Crippen molar-refractivity contribution in [2.75, 3.05) is 52.5 Å². The standard InChI is InChI=1S/C16H31N3O2/c1-3-16(4-2,13-17)15(20)19-8-6-18(7-9-19)11-14-5-10-21-12-14/h14H,3-13,17H2,1-2H3. The minimum Gasteiger partial charge on any atom is -0.381 e. The molecule has 122 valence electrons. The molecule has 1 amide bonds. The van der Waals surface area contributed by atoms with E-state index in [9.17, 15) is 4.79 Å². The topological polar surface area (TPSA) is 58.8 Å². The second-order valence-electron chi connectivity index (χ2n) is 6.51. The second kappa shape index (κ2) is 7.56. The van der Waals surface area contributed by atoms with Gasteiger partial charge in [0, 0.05) is 45.9 Å². The highest BCUT2D eigenvalue weighted by molar-refractivity contribution is 5.83. The molecule has 0 aliphatic carbocycles. The molecule has 1 atom stereocenters. The van der Waals surface area contributed by atoms with Crippen molar-refractivity contribution in [1.29, 1.82) is 0 Å². The Hall–Kier alpha value is -0.650. The highest BCUT2D eigenvalue weighted by atomic mass is 16.5. The molecule has 5 nitrogen and oxygen atoms in total. The third-order valence-electron chi connectivity index (χ3n) is 5.40. The molecule has 2 heterocycles. The molecule has 0 spiro atoms. The molecule has 0 aromatic heterocycles. The molecule has 2 saturated heterocycles. The van der Waals surface area contributed by atoms with E-state index in [1.165, 1.54) is 6.42 Å². The van der Waals surface area contributed by atoms with E-state index in [4.69, 9.17) is 10.5 Å². The van der Waals surface area contributed by atoms with Crippen LogP contribution in [-0.2, 0) is 9.53 Å². The van der Waals surface area contributed by atoms with Gasteiger partial charge in [-0.25, -0.2) is 0 Å². The third kappa shape index (κ3) is 3.76. The van der Waals surface area contributed by atoms with Crippen LogP contribution in [-0.4, -0.2) is 68.2 Å². The van der Waals surface area contributed by atoms with Gasteiger partial charge in [0.1, 0.15) is 0 Å². The van der Waals surface area contributed by atoms with Gasteiger partial charge in [0.15, 0.2) is 0 Å². The van der Waals surface area contributed by atoms with Gasteiger partial charge in [0.25, 0.3) is 0 Å². The van der Waals surface area contributed by atoms with Crippen molar-refractivity contribution in [3.63, 3.8) is 0 Å². The van der Waals surface area contributed by atoms with Crippen LogP contribution in [0, 0.1) is 11.3 Å². The fourth-order valence-electron chi connectivity index (χ4n) is 3.49. The van der Waals surface area contributed by atoms with E-state index in [0.717, 1.165) is 58.8 Å². The summed E-state index contributed by atoms with van der Waals surface area (Å²) in [5.74, 6) is 0.945. The molecule has 2 fully saturated rings. The maximum Gasteiger partial charge on any atom is 0.230 e. The Labute approximate surface area is 128 Å². The number of carbonyl (C=O) groups excluding carboxylic acids is 1. The Balaban J connectivity index is 1.83. The Bertz CT molecular complexity index is 322. The summed E-state index contributed by atoms with van der Waals surface area (Å²) in [7, 11) is 0. The van der Waals surface area contributed by atoms with Crippen molar-refractivity contribution >= 4 is 5.91 Å². The van der Waals surface area contributed by atoms with Gasteiger partial charge < -0.3 is 15.4 Å². The molecule has 21 heavy (non-hydrogen) atoms.